The molecule has 0 spiro atoms. The van der Waals surface area contributed by atoms with Crippen molar-refractivity contribution < 1.29 is 28.7 Å². The Balaban J connectivity index is 1.32. The van der Waals surface area contributed by atoms with Gasteiger partial charge < -0.3 is 24.7 Å². The van der Waals surface area contributed by atoms with Gasteiger partial charge in [0.1, 0.15) is 24.2 Å². The van der Waals surface area contributed by atoms with Gasteiger partial charge in [-0.15, -0.1) is 0 Å². The molecule has 10 nitrogen and oxygen atoms in total. The Morgan fingerprint density at radius 3 is 2.24 bits per heavy atom. The summed E-state index contributed by atoms with van der Waals surface area (Å²) in [6.45, 7) is 1.19. The van der Waals surface area contributed by atoms with E-state index < -0.39 is 53.6 Å². The minimum Gasteiger partial charge on any atom is -0.467 e. The first-order valence-corrected chi connectivity index (χ1v) is 13.6. The van der Waals surface area contributed by atoms with Crippen LogP contribution in [0.2, 0.25) is 0 Å². The molecule has 214 valence electrons. The molecule has 0 unspecified atom stereocenters. The molecule has 0 aliphatic carbocycles. The van der Waals surface area contributed by atoms with Crippen LogP contribution in [0.1, 0.15) is 23.6 Å². The van der Waals surface area contributed by atoms with Gasteiger partial charge >= 0.3 is 12.0 Å². The number of esters is 1. The highest BCUT2D eigenvalue weighted by Crippen LogP contribution is 2.56. The van der Waals surface area contributed by atoms with Crippen LogP contribution in [0.3, 0.4) is 0 Å². The van der Waals surface area contributed by atoms with Crippen molar-refractivity contribution in [2.75, 3.05) is 13.7 Å². The SMILES string of the molecule is COC(=O)[C@H](Cc1c[nH]c2ccccc12)NC(=O)CN1C(=O)NC(=O)[C@]2(C)OC(c3ccccc3)(c3ccccc3)[C@H]12. The van der Waals surface area contributed by atoms with Crippen molar-refractivity contribution >= 4 is 34.7 Å². The quantitative estimate of drug-likeness (QED) is 0.281. The Labute approximate surface area is 242 Å². The van der Waals surface area contributed by atoms with Crippen LogP contribution in [0.5, 0.6) is 0 Å². The minimum absolute atomic E-state index is 0.176. The van der Waals surface area contributed by atoms with Crippen LogP contribution in [0.4, 0.5) is 4.79 Å². The summed E-state index contributed by atoms with van der Waals surface area (Å²) in [4.78, 5) is 57.3. The maximum atomic E-state index is 13.6. The predicted molar refractivity (Wildman–Crippen MR) is 153 cm³/mol. The van der Waals surface area contributed by atoms with Gasteiger partial charge in [0.2, 0.25) is 5.91 Å². The second-order valence-corrected chi connectivity index (χ2v) is 10.7. The smallest absolute Gasteiger partial charge is 0.328 e. The number of hydrogen-bond donors (Lipinski definition) is 3. The van der Waals surface area contributed by atoms with E-state index in [0.29, 0.717) is 0 Å². The first-order chi connectivity index (χ1) is 20.3. The average Bonchev–Trinajstić information content (AvgIpc) is 3.41. The number of amides is 4. The number of carbonyl (C=O) groups is 4. The summed E-state index contributed by atoms with van der Waals surface area (Å²) in [6.07, 6.45) is 1.97. The van der Waals surface area contributed by atoms with Crippen molar-refractivity contribution in [1.29, 1.82) is 0 Å². The van der Waals surface area contributed by atoms with E-state index >= 15 is 0 Å². The number of hydrogen-bond acceptors (Lipinski definition) is 6. The Hall–Kier alpha value is -4.96. The van der Waals surface area contributed by atoms with E-state index in [1.165, 1.54) is 12.0 Å². The minimum atomic E-state index is -1.42. The van der Waals surface area contributed by atoms with Gasteiger partial charge in [-0.3, -0.25) is 14.9 Å². The van der Waals surface area contributed by atoms with Crippen molar-refractivity contribution in [3.63, 3.8) is 0 Å². The molecule has 2 aliphatic heterocycles. The molecule has 2 saturated heterocycles. The van der Waals surface area contributed by atoms with Gasteiger partial charge in [0.15, 0.2) is 5.60 Å². The number of ether oxygens (including phenoxy) is 2. The lowest BCUT2D eigenvalue weighted by Gasteiger charge is -2.64. The predicted octanol–water partition coefficient (Wildman–Crippen LogP) is 3.02. The topological polar surface area (TPSA) is 130 Å². The van der Waals surface area contributed by atoms with Gasteiger partial charge in [0, 0.05) is 23.5 Å². The van der Waals surface area contributed by atoms with Crippen molar-refractivity contribution in [2.24, 2.45) is 0 Å². The summed E-state index contributed by atoms with van der Waals surface area (Å²) >= 11 is 0. The number of rotatable bonds is 8. The number of nitrogens with zero attached hydrogens (tertiary/aromatic N) is 1. The fraction of sp³-hybridized carbons (Fsp3) is 0.250. The number of aromatic amines is 1. The van der Waals surface area contributed by atoms with Gasteiger partial charge in [0.25, 0.3) is 5.91 Å². The third kappa shape index (κ3) is 4.31. The molecule has 2 aliphatic rings. The second kappa shape index (κ2) is 10.5. The van der Waals surface area contributed by atoms with Crippen molar-refractivity contribution in [2.45, 2.75) is 36.6 Å². The molecule has 3 N–H and O–H groups in total. The lowest BCUT2D eigenvalue weighted by atomic mass is 9.65. The van der Waals surface area contributed by atoms with Crippen LogP contribution in [-0.4, -0.2) is 65.0 Å². The molecule has 0 radical (unpaired) electrons. The molecule has 10 heteroatoms. The molecular weight excluding hydrogens is 536 g/mol. The monoisotopic (exact) mass is 566 g/mol. The largest absolute Gasteiger partial charge is 0.467 e. The zero-order valence-corrected chi connectivity index (χ0v) is 23.1. The van der Waals surface area contributed by atoms with E-state index in [9.17, 15) is 19.2 Å². The van der Waals surface area contributed by atoms with Gasteiger partial charge in [0.05, 0.1) is 7.11 Å². The number of carbonyl (C=O) groups excluding carboxylic acids is 4. The second-order valence-electron chi connectivity index (χ2n) is 10.7. The van der Waals surface area contributed by atoms with Crippen LogP contribution in [-0.2, 0) is 35.9 Å². The van der Waals surface area contributed by atoms with E-state index in [-0.39, 0.29) is 6.42 Å². The fourth-order valence-corrected chi connectivity index (χ4v) is 6.26. The van der Waals surface area contributed by atoms with Crippen molar-refractivity contribution in [1.82, 2.24) is 20.5 Å². The number of para-hydroxylation sites is 1. The highest BCUT2D eigenvalue weighted by Gasteiger charge is 2.72. The molecule has 3 atom stereocenters. The van der Waals surface area contributed by atoms with Gasteiger partial charge in [-0.25, -0.2) is 9.59 Å². The maximum absolute atomic E-state index is 13.6. The molecular formula is C32H30N4O6. The van der Waals surface area contributed by atoms with Crippen LogP contribution >= 0.6 is 0 Å². The fourth-order valence-electron chi connectivity index (χ4n) is 6.26. The van der Waals surface area contributed by atoms with Gasteiger partial charge in [-0.2, -0.15) is 0 Å². The molecule has 3 heterocycles. The first-order valence-electron chi connectivity index (χ1n) is 13.6. The number of urea groups is 1. The molecule has 1 aromatic heterocycles. The summed E-state index contributed by atoms with van der Waals surface area (Å²) in [7, 11) is 1.26. The van der Waals surface area contributed by atoms with E-state index in [0.717, 1.165) is 27.6 Å². The molecule has 6 rings (SSSR count). The number of aromatic nitrogens is 1. The standard InChI is InChI=1S/C32H30N4O6/c1-31-28(32(42-31,21-11-5-3-6-12-21)22-13-7-4-8-14-22)36(30(40)35-29(31)39)19-26(37)34-25(27(38)41-2)17-20-18-33-24-16-10-9-15-23(20)24/h3-16,18,25,28,33H,17,19H2,1-2H3,(H,34,37)(H,35,39,40)/t25-,28+,31+/m0/s1. The third-order valence-electron chi connectivity index (χ3n) is 8.16. The highest BCUT2D eigenvalue weighted by atomic mass is 16.6. The summed E-state index contributed by atoms with van der Waals surface area (Å²) in [5.74, 6) is -1.78. The van der Waals surface area contributed by atoms with Crippen LogP contribution in [0.15, 0.2) is 91.1 Å². The van der Waals surface area contributed by atoms with E-state index in [4.69, 9.17) is 9.47 Å². The molecule has 42 heavy (non-hydrogen) atoms. The number of imide groups is 1. The molecule has 3 aromatic carbocycles. The molecule has 4 amide bonds. The number of nitrogens with one attached hydrogen (secondary N) is 3. The number of fused-ring (bicyclic) bond motifs is 2. The molecule has 0 saturated carbocycles. The van der Waals surface area contributed by atoms with Crippen LogP contribution in [0.25, 0.3) is 10.9 Å². The highest BCUT2D eigenvalue weighted by molar-refractivity contribution is 6.04. The third-order valence-corrected chi connectivity index (χ3v) is 8.16. The van der Waals surface area contributed by atoms with Crippen LogP contribution in [0, 0.1) is 0 Å². The van der Waals surface area contributed by atoms with E-state index in [1.807, 2.05) is 84.9 Å². The first kappa shape index (κ1) is 27.2. The van der Waals surface area contributed by atoms with Crippen LogP contribution < -0.4 is 10.6 Å². The molecule has 4 aromatic rings. The summed E-state index contributed by atoms with van der Waals surface area (Å²) in [6, 6.07) is 23.7. The lowest BCUT2D eigenvalue weighted by molar-refractivity contribution is -0.291. The van der Waals surface area contributed by atoms with E-state index in [1.54, 1.807) is 13.1 Å². The zero-order valence-electron chi connectivity index (χ0n) is 23.1. The summed E-state index contributed by atoms with van der Waals surface area (Å²) in [5, 5.41) is 6.02. The average molecular weight is 567 g/mol. The van der Waals surface area contributed by atoms with Gasteiger partial charge in [-0.1, -0.05) is 78.9 Å². The summed E-state index contributed by atoms with van der Waals surface area (Å²) in [5.41, 5.74) is 0.564. The zero-order chi connectivity index (χ0) is 29.5. The number of benzene rings is 3. The maximum Gasteiger partial charge on any atom is 0.328 e. The number of methoxy groups -OCH3 is 1. The Morgan fingerprint density at radius 2 is 1.60 bits per heavy atom. The molecule has 0 bridgehead atoms. The normalized spacial score (nSPS) is 21.6. The van der Waals surface area contributed by atoms with Crippen molar-refractivity contribution in [3.05, 3.63) is 108 Å². The Morgan fingerprint density at radius 1 is 0.976 bits per heavy atom. The van der Waals surface area contributed by atoms with Crippen molar-refractivity contribution in [3.8, 4) is 0 Å². The molecule has 2 fully saturated rings. The van der Waals surface area contributed by atoms with Gasteiger partial charge in [-0.05, 0) is 29.7 Å². The number of H-pyrrole nitrogens is 1. The lowest BCUT2D eigenvalue weighted by Crippen LogP contribution is -2.84. The Kier molecular flexibility index (Phi) is 6.78. The Bertz CT molecular complexity index is 1630. The summed E-state index contributed by atoms with van der Waals surface area (Å²) < 4.78 is 11.5. The van der Waals surface area contributed by atoms with E-state index in [2.05, 4.69) is 15.6 Å².